The monoisotopic (exact) mass is 222 g/mol. The standard InChI is InChI=1S/C11H18N4O/c1-7-4-3-5-12-9(7)11(16)14-10-8(2)6-13-15-10/h6-7,9,12H,3-5H2,1-2H3,(H2,13,14,15,16). The maximum absolute atomic E-state index is 12.0. The van der Waals surface area contributed by atoms with Crippen molar-refractivity contribution in [1.82, 2.24) is 15.5 Å². The second-order valence-electron chi connectivity index (χ2n) is 4.47. The summed E-state index contributed by atoms with van der Waals surface area (Å²) in [6, 6.07) is -0.0866. The minimum atomic E-state index is -0.0866. The lowest BCUT2D eigenvalue weighted by Crippen LogP contribution is -2.48. The molecule has 2 rings (SSSR count). The molecule has 0 spiro atoms. The van der Waals surface area contributed by atoms with Gasteiger partial charge in [0.05, 0.1) is 12.2 Å². The maximum Gasteiger partial charge on any atom is 0.242 e. The van der Waals surface area contributed by atoms with Gasteiger partial charge >= 0.3 is 0 Å². The fraction of sp³-hybridized carbons (Fsp3) is 0.636. The number of anilines is 1. The van der Waals surface area contributed by atoms with Crippen molar-refractivity contribution in [2.75, 3.05) is 11.9 Å². The maximum atomic E-state index is 12.0. The highest BCUT2D eigenvalue weighted by Gasteiger charge is 2.27. The van der Waals surface area contributed by atoms with Gasteiger partial charge in [-0.1, -0.05) is 6.92 Å². The Balaban J connectivity index is 2.00. The summed E-state index contributed by atoms with van der Waals surface area (Å²) in [5, 5.41) is 12.8. The predicted molar refractivity (Wildman–Crippen MR) is 62.1 cm³/mol. The van der Waals surface area contributed by atoms with Gasteiger partial charge in [0.15, 0.2) is 0 Å². The SMILES string of the molecule is Cc1cn[nH]c1NC(=O)C1NCCCC1C. The van der Waals surface area contributed by atoms with E-state index in [1.807, 2.05) is 6.92 Å². The van der Waals surface area contributed by atoms with Crippen molar-refractivity contribution in [1.29, 1.82) is 0 Å². The van der Waals surface area contributed by atoms with Crippen molar-refractivity contribution in [2.45, 2.75) is 32.7 Å². The first-order valence-electron chi connectivity index (χ1n) is 5.72. The van der Waals surface area contributed by atoms with Crippen LogP contribution < -0.4 is 10.6 Å². The summed E-state index contributed by atoms with van der Waals surface area (Å²) in [6.07, 6.45) is 3.95. The normalized spacial score (nSPS) is 25.4. The molecule has 2 atom stereocenters. The first-order chi connectivity index (χ1) is 7.68. The van der Waals surface area contributed by atoms with E-state index in [4.69, 9.17) is 0 Å². The predicted octanol–water partition coefficient (Wildman–Crippen LogP) is 1.04. The van der Waals surface area contributed by atoms with Crippen LogP contribution in [0.2, 0.25) is 0 Å². The quantitative estimate of drug-likeness (QED) is 0.700. The van der Waals surface area contributed by atoms with E-state index >= 15 is 0 Å². The Morgan fingerprint density at radius 3 is 3.06 bits per heavy atom. The average Bonchev–Trinajstić information content (AvgIpc) is 2.65. The molecular weight excluding hydrogens is 204 g/mol. The number of aromatic amines is 1. The Bertz CT molecular complexity index is 374. The lowest BCUT2D eigenvalue weighted by atomic mass is 9.92. The Morgan fingerprint density at radius 2 is 2.44 bits per heavy atom. The van der Waals surface area contributed by atoms with Crippen molar-refractivity contribution in [2.24, 2.45) is 5.92 Å². The van der Waals surface area contributed by atoms with Gasteiger partial charge < -0.3 is 10.6 Å². The summed E-state index contributed by atoms with van der Waals surface area (Å²) >= 11 is 0. The molecule has 2 unspecified atom stereocenters. The summed E-state index contributed by atoms with van der Waals surface area (Å²) < 4.78 is 0. The molecule has 1 amide bonds. The number of aryl methyl sites for hydroxylation is 1. The number of H-pyrrole nitrogens is 1. The van der Waals surface area contributed by atoms with Crippen LogP contribution in [0.1, 0.15) is 25.3 Å². The highest BCUT2D eigenvalue weighted by molar-refractivity contribution is 5.94. The Labute approximate surface area is 95.0 Å². The Kier molecular flexibility index (Phi) is 3.24. The van der Waals surface area contributed by atoms with Crippen LogP contribution in [0.25, 0.3) is 0 Å². The largest absolute Gasteiger partial charge is 0.309 e. The lowest BCUT2D eigenvalue weighted by molar-refractivity contribution is -0.119. The van der Waals surface area contributed by atoms with E-state index in [0.29, 0.717) is 11.7 Å². The van der Waals surface area contributed by atoms with Crippen LogP contribution in [0.4, 0.5) is 5.82 Å². The average molecular weight is 222 g/mol. The highest BCUT2D eigenvalue weighted by Crippen LogP contribution is 2.17. The summed E-state index contributed by atoms with van der Waals surface area (Å²) in [7, 11) is 0. The van der Waals surface area contributed by atoms with Crippen molar-refractivity contribution < 1.29 is 4.79 Å². The highest BCUT2D eigenvalue weighted by atomic mass is 16.2. The third-order valence-corrected chi connectivity index (χ3v) is 3.13. The number of hydrogen-bond donors (Lipinski definition) is 3. The number of piperidine rings is 1. The van der Waals surface area contributed by atoms with E-state index in [0.717, 1.165) is 24.9 Å². The number of nitrogens with zero attached hydrogens (tertiary/aromatic N) is 1. The topological polar surface area (TPSA) is 69.8 Å². The van der Waals surface area contributed by atoms with Gasteiger partial charge in [-0.3, -0.25) is 9.89 Å². The number of hydrogen-bond acceptors (Lipinski definition) is 3. The van der Waals surface area contributed by atoms with Gasteiger partial charge in [0.25, 0.3) is 0 Å². The van der Waals surface area contributed by atoms with Crippen LogP contribution in [-0.2, 0) is 4.79 Å². The zero-order chi connectivity index (χ0) is 11.5. The minimum Gasteiger partial charge on any atom is -0.309 e. The summed E-state index contributed by atoms with van der Waals surface area (Å²) in [4.78, 5) is 12.0. The molecule has 1 aliphatic heterocycles. The zero-order valence-corrected chi connectivity index (χ0v) is 9.71. The molecule has 0 bridgehead atoms. The van der Waals surface area contributed by atoms with E-state index in [9.17, 15) is 4.79 Å². The van der Waals surface area contributed by atoms with E-state index in [1.54, 1.807) is 6.20 Å². The van der Waals surface area contributed by atoms with Crippen molar-refractivity contribution >= 4 is 11.7 Å². The van der Waals surface area contributed by atoms with Crippen molar-refractivity contribution in [3.05, 3.63) is 11.8 Å². The van der Waals surface area contributed by atoms with E-state index < -0.39 is 0 Å². The van der Waals surface area contributed by atoms with E-state index in [-0.39, 0.29) is 11.9 Å². The summed E-state index contributed by atoms with van der Waals surface area (Å²) in [5.74, 6) is 1.11. The van der Waals surface area contributed by atoms with Crippen LogP contribution in [0.5, 0.6) is 0 Å². The van der Waals surface area contributed by atoms with Gasteiger partial charge in [0, 0.05) is 5.56 Å². The van der Waals surface area contributed by atoms with Gasteiger partial charge in [-0.25, -0.2) is 0 Å². The van der Waals surface area contributed by atoms with E-state index in [2.05, 4.69) is 27.8 Å². The molecule has 1 fully saturated rings. The van der Waals surface area contributed by atoms with Crippen molar-refractivity contribution in [3.8, 4) is 0 Å². The number of carbonyl (C=O) groups excluding carboxylic acids is 1. The molecular formula is C11H18N4O. The molecule has 1 aromatic heterocycles. The van der Waals surface area contributed by atoms with Crippen LogP contribution in [0, 0.1) is 12.8 Å². The van der Waals surface area contributed by atoms with Crippen LogP contribution in [-0.4, -0.2) is 28.7 Å². The van der Waals surface area contributed by atoms with Crippen LogP contribution >= 0.6 is 0 Å². The molecule has 2 heterocycles. The zero-order valence-electron chi connectivity index (χ0n) is 9.71. The second-order valence-corrected chi connectivity index (χ2v) is 4.47. The molecule has 1 aromatic rings. The molecule has 5 nitrogen and oxygen atoms in total. The molecule has 88 valence electrons. The first kappa shape index (κ1) is 11.1. The number of rotatable bonds is 2. The number of nitrogens with one attached hydrogen (secondary N) is 3. The molecule has 0 radical (unpaired) electrons. The molecule has 0 aliphatic carbocycles. The minimum absolute atomic E-state index is 0.0274. The van der Waals surface area contributed by atoms with Gasteiger partial charge in [-0.15, -0.1) is 0 Å². The molecule has 0 aromatic carbocycles. The third kappa shape index (κ3) is 2.24. The molecule has 3 N–H and O–H groups in total. The number of aromatic nitrogens is 2. The fourth-order valence-electron chi connectivity index (χ4n) is 2.07. The van der Waals surface area contributed by atoms with Crippen molar-refractivity contribution in [3.63, 3.8) is 0 Å². The smallest absolute Gasteiger partial charge is 0.242 e. The number of carbonyl (C=O) groups is 1. The number of amides is 1. The molecule has 1 aliphatic rings. The first-order valence-corrected chi connectivity index (χ1v) is 5.72. The third-order valence-electron chi connectivity index (χ3n) is 3.13. The fourth-order valence-corrected chi connectivity index (χ4v) is 2.07. The summed E-state index contributed by atoms with van der Waals surface area (Å²) in [5.41, 5.74) is 0.955. The molecule has 1 saturated heterocycles. The molecule has 16 heavy (non-hydrogen) atoms. The Morgan fingerprint density at radius 1 is 1.62 bits per heavy atom. The van der Waals surface area contributed by atoms with Gasteiger partial charge in [0.1, 0.15) is 5.82 Å². The van der Waals surface area contributed by atoms with Crippen LogP contribution in [0.3, 0.4) is 0 Å². The van der Waals surface area contributed by atoms with Gasteiger partial charge in [-0.2, -0.15) is 5.10 Å². The second kappa shape index (κ2) is 4.65. The molecule has 5 heteroatoms. The van der Waals surface area contributed by atoms with Gasteiger partial charge in [-0.05, 0) is 32.2 Å². The van der Waals surface area contributed by atoms with Crippen LogP contribution in [0.15, 0.2) is 6.20 Å². The molecule has 0 saturated carbocycles. The van der Waals surface area contributed by atoms with E-state index in [1.165, 1.54) is 0 Å². The Hall–Kier alpha value is -1.36. The lowest BCUT2D eigenvalue weighted by Gasteiger charge is -2.28. The van der Waals surface area contributed by atoms with Gasteiger partial charge in [0.2, 0.25) is 5.91 Å². The summed E-state index contributed by atoms with van der Waals surface area (Å²) in [6.45, 7) is 4.94.